The van der Waals surface area contributed by atoms with Crippen LogP contribution in [0.2, 0.25) is 0 Å². The van der Waals surface area contributed by atoms with Crippen LogP contribution in [0.3, 0.4) is 0 Å². The van der Waals surface area contributed by atoms with Crippen molar-refractivity contribution in [1.29, 1.82) is 0 Å². The Morgan fingerprint density at radius 3 is 2.05 bits per heavy atom. The fourth-order valence-electron chi connectivity index (χ4n) is 2.64. The molecule has 0 aliphatic carbocycles. The summed E-state index contributed by atoms with van der Waals surface area (Å²) in [7, 11) is 0. The van der Waals surface area contributed by atoms with Crippen LogP contribution in [0.25, 0.3) is 0 Å². The maximum Gasteiger partial charge on any atom is 0.122 e. The molecule has 0 aliphatic heterocycles. The lowest BCUT2D eigenvalue weighted by molar-refractivity contribution is 0.515. The summed E-state index contributed by atoms with van der Waals surface area (Å²) in [6.45, 7) is 6.27. The molecule has 20 heavy (non-hydrogen) atoms. The van der Waals surface area contributed by atoms with Crippen LogP contribution in [0.5, 0.6) is 0 Å². The van der Waals surface area contributed by atoms with Crippen molar-refractivity contribution in [3.8, 4) is 0 Å². The first kappa shape index (κ1) is 17.9. The molecule has 0 aromatic heterocycles. The number of hydrogen-bond donors (Lipinski definition) is 0. The van der Waals surface area contributed by atoms with E-state index in [9.17, 15) is 0 Å². The first-order chi connectivity index (χ1) is 9.45. The summed E-state index contributed by atoms with van der Waals surface area (Å²) < 4.78 is -0.696. The fourth-order valence-corrected chi connectivity index (χ4v) is 3.11. The van der Waals surface area contributed by atoms with Gasteiger partial charge in [0.15, 0.2) is 0 Å². The van der Waals surface area contributed by atoms with E-state index in [4.69, 9.17) is 23.2 Å². The zero-order chi connectivity index (χ0) is 15.0. The van der Waals surface area contributed by atoms with E-state index < -0.39 is 4.33 Å². The maximum absolute atomic E-state index is 6.40. The van der Waals surface area contributed by atoms with Gasteiger partial charge >= 0.3 is 0 Å². The second kappa shape index (κ2) is 8.95. The Balaban J connectivity index is 2.51. The van der Waals surface area contributed by atoms with Crippen molar-refractivity contribution in [2.45, 2.75) is 76.0 Å². The van der Waals surface area contributed by atoms with Crippen molar-refractivity contribution in [2.75, 3.05) is 0 Å². The highest BCUT2D eigenvalue weighted by molar-refractivity contribution is 6.48. The van der Waals surface area contributed by atoms with Gasteiger partial charge in [0, 0.05) is 5.92 Å². The Morgan fingerprint density at radius 2 is 1.50 bits per heavy atom. The SMILES string of the molecule is CCCCCCCCC(c1ccc(C)cc1)C(C)(Cl)Cl. The summed E-state index contributed by atoms with van der Waals surface area (Å²) in [5, 5.41) is 0. The molecule has 114 valence electrons. The highest BCUT2D eigenvalue weighted by Crippen LogP contribution is 2.41. The molecule has 1 rings (SSSR count). The first-order valence-electron chi connectivity index (χ1n) is 7.89. The molecule has 0 aliphatic rings. The Kier molecular flexibility index (Phi) is 7.99. The van der Waals surface area contributed by atoms with Crippen LogP contribution in [-0.4, -0.2) is 4.33 Å². The molecule has 1 unspecified atom stereocenters. The molecule has 2 heteroatoms. The van der Waals surface area contributed by atoms with Crippen LogP contribution in [0.1, 0.15) is 75.8 Å². The average molecular weight is 315 g/mol. The van der Waals surface area contributed by atoms with Gasteiger partial charge in [0.1, 0.15) is 4.33 Å². The van der Waals surface area contributed by atoms with E-state index >= 15 is 0 Å². The third-order valence-electron chi connectivity index (χ3n) is 3.94. The topological polar surface area (TPSA) is 0 Å². The monoisotopic (exact) mass is 314 g/mol. The molecule has 0 saturated carbocycles. The molecule has 0 fully saturated rings. The molecular formula is C18H28Cl2. The van der Waals surface area contributed by atoms with E-state index in [1.165, 1.54) is 49.7 Å². The number of rotatable bonds is 9. The fraction of sp³-hybridized carbons (Fsp3) is 0.667. The Labute approximate surface area is 134 Å². The molecule has 0 nitrogen and oxygen atoms in total. The number of alkyl halides is 2. The molecule has 1 aromatic rings. The molecule has 0 spiro atoms. The van der Waals surface area contributed by atoms with E-state index in [1.54, 1.807) is 0 Å². The minimum Gasteiger partial charge on any atom is -0.101 e. The van der Waals surface area contributed by atoms with Crippen LogP contribution >= 0.6 is 23.2 Å². The van der Waals surface area contributed by atoms with Crippen molar-refractivity contribution < 1.29 is 0 Å². The van der Waals surface area contributed by atoms with Gasteiger partial charge in [-0.25, -0.2) is 0 Å². The normalized spacial score (nSPS) is 13.4. The largest absolute Gasteiger partial charge is 0.122 e. The van der Waals surface area contributed by atoms with E-state index in [-0.39, 0.29) is 5.92 Å². The third-order valence-corrected chi connectivity index (χ3v) is 4.46. The average Bonchev–Trinajstić information content (AvgIpc) is 2.38. The van der Waals surface area contributed by atoms with Crippen molar-refractivity contribution in [1.82, 2.24) is 0 Å². The molecular weight excluding hydrogens is 287 g/mol. The molecule has 0 saturated heterocycles. The number of aryl methyl sites for hydroxylation is 1. The minimum atomic E-state index is -0.696. The number of unbranched alkanes of at least 4 members (excludes halogenated alkanes) is 5. The van der Waals surface area contributed by atoms with Gasteiger partial charge in [0.05, 0.1) is 0 Å². The van der Waals surface area contributed by atoms with Gasteiger partial charge < -0.3 is 0 Å². The molecule has 0 heterocycles. The maximum atomic E-state index is 6.40. The zero-order valence-electron chi connectivity index (χ0n) is 13.1. The summed E-state index contributed by atoms with van der Waals surface area (Å²) in [6, 6.07) is 8.62. The predicted octanol–water partition coefficient (Wildman–Crippen LogP) is 7.02. The van der Waals surface area contributed by atoms with Crippen LogP contribution in [0, 0.1) is 6.92 Å². The molecule has 0 radical (unpaired) electrons. The lowest BCUT2D eigenvalue weighted by Gasteiger charge is -2.27. The van der Waals surface area contributed by atoms with Crippen LogP contribution in [0.4, 0.5) is 0 Å². The number of halogens is 2. The van der Waals surface area contributed by atoms with Crippen molar-refractivity contribution in [2.24, 2.45) is 0 Å². The van der Waals surface area contributed by atoms with Crippen LogP contribution in [-0.2, 0) is 0 Å². The van der Waals surface area contributed by atoms with Gasteiger partial charge in [0.25, 0.3) is 0 Å². The van der Waals surface area contributed by atoms with Crippen LogP contribution in [0.15, 0.2) is 24.3 Å². The van der Waals surface area contributed by atoms with Crippen molar-refractivity contribution in [3.05, 3.63) is 35.4 Å². The predicted molar refractivity (Wildman–Crippen MR) is 92.0 cm³/mol. The second-order valence-corrected chi connectivity index (χ2v) is 7.74. The lowest BCUT2D eigenvalue weighted by atomic mass is 9.89. The number of benzene rings is 1. The van der Waals surface area contributed by atoms with Crippen molar-refractivity contribution in [3.63, 3.8) is 0 Å². The third kappa shape index (κ3) is 6.50. The summed E-state index contributed by atoms with van der Waals surface area (Å²) in [4.78, 5) is 0. The van der Waals surface area contributed by atoms with Gasteiger partial charge in [-0.3, -0.25) is 0 Å². The van der Waals surface area contributed by atoms with Gasteiger partial charge in [0.2, 0.25) is 0 Å². The summed E-state index contributed by atoms with van der Waals surface area (Å²) in [5.41, 5.74) is 2.54. The standard InChI is InChI=1S/C18H28Cl2/c1-4-5-6-7-8-9-10-17(18(3,19)20)16-13-11-15(2)12-14-16/h11-14,17H,4-10H2,1-3H3. The molecule has 0 amide bonds. The minimum absolute atomic E-state index is 0.220. The summed E-state index contributed by atoms with van der Waals surface area (Å²) >= 11 is 12.8. The van der Waals surface area contributed by atoms with Gasteiger partial charge in [-0.1, -0.05) is 75.3 Å². The smallest absolute Gasteiger partial charge is 0.101 e. The molecule has 0 N–H and O–H groups in total. The second-order valence-electron chi connectivity index (χ2n) is 5.98. The van der Waals surface area contributed by atoms with Crippen molar-refractivity contribution >= 4 is 23.2 Å². The molecule has 1 aromatic carbocycles. The number of hydrogen-bond acceptors (Lipinski definition) is 0. The Bertz CT molecular complexity index is 362. The highest BCUT2D eigenvalue weighted by atomic mass is 35.5. The summed E-state index contributed by atoms with van der Waals surface area (Å²) in [5.74, 6) is 0.220. The Hall–Kier alpha value is -0.200. The van der Waals surface area contributed by atoms with E-state index in [1.807, 2.05) is 6.92 Å². The highest BCUT2D eigenvalue weighted by Gasteiger charge is 2.30. The summed E-state index contributed by atoms with van der Waals surface area (Å²) in [6.07, 6.45) is 8.89. The Morgan fingerprint density at radius 1 is 0.950 bits per heavy atom. The van der Waals surface area contributed by atoms with E-state index in [2.05, 4.69) is 38.1 Å². The van der Waals surface area contributed by atoms with E-state index in [0.717, 1.165) is 6.42 Å². The molecule has 1 atom stereocenters. The van der Waals surface area contributed by atoms with Gasteiger partial charge in [-0.15, -0.1) is 23.2 Å². The quantitative estimate of drug-likeness (QED) is 0.339. The van der Waals surface area contributed by atoms with Gasteiger partial charge in [-0.05, 0) is 25.8 Å². The van der Waals surface area contributed by atoms with Crippen LogP contribution < -0.4 is 0 Å². The van der Waals surface area contributed by atoms with E-state index in [0.29, 0.717) is 0 Å². The first-order valence-corrected chi connectivity index (χ1v) is 8.65. The molecule has 0 bridgehead atoms. The zero-order valence-corrected chi connectivity index (χ0v) is 14.6. The van der Waals surface area contributed by atoms with Gasteiger partial charge in [-0.2, -0.15) is 0 Å². The lowest BCUT2D eigenvalue weighted by Crippen LogP contribution is -2.20.